The summed E-state index contributed by atoms with van der Waals surface area (Å²) in [5, 5.41) is 0. The molecule has 2 aromatic rings. The summed E-state index contributed by atoms with van der Waals surface area (Å²) >= 11 is 0. The molecular formula is C15H16N2O2S. The van der Waals surface area contributed by atoms with Gasteiger partial charge in [0, 0.05) is 6.54 Å². The molecule has 1 aliphatic rings. The van der Waals surface area contributed by atoms with Crippen LogP contribution in [0, 0.1) is 0 Å². The summed E-state index contributed by atoms with van der Waals surface area (Å²) in [4.78, 5) is 0. The monoisotopic (exact) mass is 288 g/mol. The van der Waals surface area contributed by atoms with Crippen molar-refractivity contribution in [2.75, 3.05) is 22.8 Å². The highest BCUT2D eigenvalue weighted by Gasteiger charge is 2.28. The van der Waals surface area contributed by atoms with Crippen LogP contribution in [-0.2, 0) is 16.4 Å². The number of nitrogens with two attached hydrogens (primary N) is 1. The highest BCUT2D eigenvalue weighted by molar-refractivity contribution is 7.92. The van der Waals surface area contributed by atoms with E-state index in [1.807, 2.05) is 42.5 Å². The van der Waals surface area contributed by atoms with Crippen molar-refractivity contribution in [1.29, 1.82) is 0 Å². The molecule has 104 valence electrons. The Balaban J connectivity index is 2.13. The first-order valence-corrected chi connectivity index (χ1v) is 8.27. The second kappa shape index (κ2) is 4.52. The van der Waals surface area contributed by atoms with Gasteiger partial charge in [0.05, 0.1) is 17.6 Å². The van der Waals surface area contributed by atoms with Crippen molar-refractivity contribution in [3.63, 3.8) is 0 Å². The van der Waals surface area contributed by atoms with Gasteiger partial charge < -0.3 is 5.73 Å². The minimum Gasteiger partial charge on any atom is -0.397 e. The largest absolute Gasteiger partial charge is 0.397 e. The number of nitrogen functional groups attached to an aromatic ring is 1. The van der Waals surface area contributed by atoms with Crippen molar-refractivity contribution in [1.82, 2.24) is 0 Å². The van der Waals surface area contributed by atoms with Crippen LogP contribution in [0.5, 0.6) is 0 Å². The number of rotatable bonds is 2. The third kappa shape index (κ3) is 2.14. The normalized spacial score (nSPS) is 14.3. The minimum absolute atomic E-state index is 0.469. The topological polar surface area (TPSA) is 63.4 Å². The maximum absolute atomic E-state index is 11.8. The van der Waals surface area contributed by atoms with Gasteiger partial charge in [-0.15, -0.1) is 0 Å². The van der Waals surface area contributed by atoms with Crippen molar-refractivity contribution < 1.29 is 8.42 Å². The number of fused-ring (bicyclic) bond motifs is 1. The lowest BCUT2D eigenvalue weighted by Gasteiger charge is -2.18. The third-order valence-electron chi connectivity index (χ3n) is 3.56. The van der Waals surface area contributed by atoms with Crippen molar-refractivity contribution >= 4 is 21.4 Å². The van der Waals surface area contributed by atoms with Crippen molar-refractivity contribution in [3.8, 4) is 11.1 Å². The van der Waals surface area contributed by atoms with E-state index in [1.54, 1.807) is 0 Å². The van der Waals surface area contributed by atoms with E-state index < -0.39 is 10.0 Å². The van der Waals surface area contributed by atoms with Crippen LogP contribution in [0.2, 0.25) is 0 Å². The van der Waals surface area contributed by atoms with Crippen LogP contribution < -0.4 is 10.0 Å². The molecule has 0 aliphatic carbocycles. The van der Waals surface area contributed by atoms with Crippen LogP contribution in [0.4, 0.5) is 11.4 Å². The fraction of sp³-hybridized carbons (Fsp3) is 0.200. The molecule has 0 unspecified atom stereocenters. The summed E-state index contributed by atoms with van der Waals surface area (Å²) in [6, 6.07) is 13.8. The number of hydrogen-bond acceptors (Lipinski definition) is 3. The summed E-state index contributed by atoms with van der Waals surface area (Å²) < 4.78 is 24.9. The van der Waals surface area contributed by atoms with Gasteiger partial charge in [0.1, 0.15) is 0 Å². The lowest BCUT2D eigenvalue weighted by molar-refractivity contribution is 0.598. The SMILES string of the molecule is CS(=O)(=O)N1CCc2cc(-c3ccccc3)cc(N)c21. The molecule has 0 fully saturated rings. The van der Waals surface area contributed by atoms with Gasteiger partial charge in [-0.3, -0.25) is 4.31 Å². The Kier molecular flexibility index (Phi) is 2.94. The van der Waals surface area contributed by atoms with E-state index in [0.29, 0.717) is 24.3 Å². The van der Waals surface area contributed by atoms with E-state index in [0.717, 1.165) is 16.7 Å². The third-order valence-corrected chi connectivity index (χ3v) is 4.73. The van der Waals surface area contributed by atoms with Crippen LogP contribution >= 0.6 is 0 Å². The number of benzene rings is 2. The molecular weight excluding hydrogens is 272 g/mol. The van der Waals surface area contributed by atoms with E-state index >= 15 is 0 Å². The fourth-order valence-electron chi connectivity index (χ4n) is 2.68. The highest BCUT2D eigenvalue weighted by Crippen LogP contribution is 2.38. The van der Waals surface area contributed by atoms with Crippen LogP contribution in [0.1, 0.15) is 5.56 Å². The molecule has 1 heterocycles. The van der Waals surface area contributed by atoms with E-state index in [4.69, 9.17) is 5.73 Å². The molecule has 4 nitrogen and oxygen atoms in total. The van der Waals surface area contributed by atoms with Crippen molar-refractivity contribution in [2.45, 2.75) is 6.42 Å². The summed E-state index contributed by atoms with van der Waals surface area (Å²) in [6.45, 7) is 0.469. The quantitative estimate of drug-likeness (QED) is 0.862. The molecule has 0 amide bonds. The number of nitrogens with zero attached hydrogens (tertiary/aromatic N) is 1. The maximum Gasteiger partial charge on any atom is 0.232 e. The van der Waals surface area contributed by atoms with E-state index in [-0.39, 0.29) is 0 Å². The van der Waals surface area contributed by atoms with Crippen molar-refractivity contribution in [3.05, 3.63) is 48.0 Å². The summed E-state index contributed by atoms with van der Waals surface area (Å²) in [6.07, 6.45) is 1.92. The Labute approximate surface area is 118 Å². The molecule has 2 aromatic carbocycles. The molecule has 0 spiro atoms. The second-order valence-electron chi connectivity index (χ2n) is 5.02. The van der Waals surface area contributed by atoms with Gasteiger partial charge in [0.2, 0.25) is 10.0 Å². The average molecular weight is 288 g/mol. The molecule has 0 bridgehead atoms. The predicted octanol–water partition coefficient (Wildman–Crippen LogP) is 2.26. The van der Waals surface area contributed by atoms with Crippen molar-refractivity contribution in [2.24, 2.45) is 0 Å². The summed E-state index contributed by atoms with van der Waals surface area (Å²) in [5.74, 6) is 0. The molecule has 2 N–H and O–H groups in total. The van der Waals surface area contributed by atoms with Gasteiger partial charge in [0.15, 0.2) is 0 Å². The lowest BCUT2D eigenvalue weighted by atomic mass is 10.0. The smallest absolute Gasteiger partial charge is 0.232 e. The number of sulfonamides is 1. The first-order chi connectivity index (χ1) is 9.47. The fourth-order valence-corrected chi connectivity index (χ4v) is 3.65. The van der Waals surface area contributed by atoms with Gasteiger partial charge in [0.25, 0.3) is 0 Å². The molecule has 3 rings (SSSR count). The number of anilines is 2. The molecule has 0 saturated carbocycles. The second-order valence-corrected chi connectivity index (χ2v) is 6.93. The van der Waals surface area contributed by atoms with Gasteiger partial charge in [-0.1, -0.05) is 30.3 Å². The first-order valence-electron chi connectivity index (χ1n) is 6.42. The summed E-state index contributed by atoms with van der Waals surface area (Å²) in [5.41, 5.74) is 10.4. The summed E-state index contributed by atoms with van der Waals surface area (Å²) in [7, 11) is -3.26. The maximum atomic E-state index is 11.8. The Bertz CT molecular complexity index is 755. The zero-order valence-electron chi connectivity index (χ0n) is 11.2. The van der Waals surface area contributed by atoms with Crippen LogP contribution in [-0.4, -0.2) is 21.2 Å². The Morgan fingerprint density at radius 3 is 2.45 bits per heavy atom. The minimum atomic E-state index is -3.26. The standard InChI is InChI=1S/C15H16N2O2S/c1-20(18,19)17-8-7-12-9-13(10-14(16)15(12)17)11-5-3-2-4-6-11/h2-6,9-10H,7-8,16H2,1H3. The Morgan fingerprint density at radius 1 is 1.10 bits per heavy atom. The highest BCUT2D eigenvalue weighted by atomic mass is 32.2. The van der Waals surface area contributed by atoms with Crippen LogP contribution in [0.3, 0.4) is 0 Å². The Hall–Kier alpha value is -2.01. The Morgan fingerprint density at radius 2 is 1.80 bits per heavy atom. The molecule has 0 radical (unpaired) electrons. The van der Waals surface area contributed by atoms with Gasteiger partial charge in [-0.25, -0.2) is 8.42 Å². The van der Waals surface area contributed by atoms with Gasteiger partial charge in [-0.05, 0) is 35.2 Å². The van der Waals surface area contributed by atoms with Crippen LogP contribution in [0.15, 0.2) is 42.5 Å². The van der Waals surface area contributed by atoms with Crippen LogP contribution in [0.25, 0.3) is 11.1 Å². The van der Waals surface area contributed by atoms with E-state index in [1.165, 1.54) is 10.6 Å². The predicted molar refractivity (Wildman–Crippen MR) is 82.2 cm³/mol. The molecule has 0 atom stereocenters. The van der Waals surface area contributed by atoms with Gasteiger partial charge in [-0.2, -0.15) is 0 Å². The molecule has 5 heteroatoms. The number of hydrogen-bond donors (Lipinski definition) is 1. The van der Waals surface area contributed by atoms with E-state index in [9.17, 15) is 8.42 Å². The van der Waals surface area contributed by atoms with Gasteiger partial charge >= 0.3 is 0 Å². The first kappa shape index (κ1) is 13.0. The molecule has 1 aliphatic heterocycles. The lowest BCUT2D eigenvalue weighted by Crippen LogP contribution is -2.28. The zero-order valence-corrected chi connectivity index (χ0v) is 12.0. The molecule has 0 saturated heterocycles. The average Bonchev–Trinajstić information content (AvgIpc) is 2.84. The van der Waals surface area contributed by atoms with E-state index in [2.05, 4.69) is 0 Å². The zero-order chi connectivity index (χ0) is 14.3. The molecule has 0 aromatic heterocycles. The molecule has 20 heavy (non-hydrogen) atoms.